The molecule has 10 heteroatoms. The van der Waals surface area contributed by atoms with Gasteiger partial charge in [0.2, 0.25) is 0 Å². The zero-order chi connectivity index (χ0) is 19.9. The molecule has 0 spiro atoms. The van der Waals surface area contributed by atoms with Crippen molar-refractivity contribution in [1.82, 2.24) is 14.6 Å². The van der Waals surface area contributed by atoms with Crippen LogP contribution in [0.5, 0.6) is 0 Å². The van der Waals surface area contributed by atoms with E-state index in [1.165, 1.54) is 13.1 Å². The molecule has 3 rings (SSSR count). The summed E-state index contributed by atoms with van der Waals surface area (Å²) >= 11 is 6.06. The zero-order valence-corrected chi connectivity index (χ0v) is 14.9. The Morgan fingerprint density at radius 1 is 1.37 bits per heavy atom. The number of ether oxygens (including phenoxy) is 1. The number of hydrogen-bond acceptors (Lipinski definition) is 4. The zero-order valence-electron chi connectivity index (χ0n) is 14.1. The number of carbonyl (C=O) groups excluding carboxylic acids is 1. The molecular weight excluding hydrogens is 387 g/mol. The number of aromatic nitrogens is 3. The highest BCUT2D eigenvalue weighted by atomic mass is 35.5. The monoisotopic (exact) mass is 399 g/mol. The summed E-state index contributed by atoms with van der Waals surface area (Å²) in [6, 6.07) is 4.92. The van der Waals surface area contributed by atoms with Crippen molar-refractivity contribution in [3.05, 3.63) is 56.6 Å². The number of alkyl halides is 3. The summed E-state index contributed by atoms with van der Waals surface area (Å²) in [5.41, 5.74) is -2.75. The van der Waals surface area contributed by atoms with E-state index in [0.29, 0.717) is 10.6 Å². The second-order valence-corrected chi connectivity index (χ2v) is 6.10. The van der Waals surface area contributed by atoms with Gasteiger partial charge in [-0.3, -0.25) is 4.79 Å². The molecule has 2 heterocycles. The molecule has 0 amide bonds. The molecule has 0 aliphatic rings. The predicted octanol–water partition coefficient (Wildman–Crippen LogP) is 3.85. The first-order valence-corrected chi connectivity index (χ1v) is 8.17. The molecule has 142 valence electrons. The summed E-state index contributed by atoms with van der Waals surface area (Å²) in [7, 11) is 0. The molecule has 0 bridgehead atoms. The third-order valence-electron chi connectivity index (χ3n) is 3.86. The van der Waals surface area contributed by atoms with Crippen LogP contribution in [0, 0.1) is 6.92 Å². The third kappa shape index (κ3) is 3.42. The van der Waals surface area contributed by atoms with Crippen LogP contribution in [0.25, 0.3) is 16.8 Å². The normalized spacial score (nSPS) is 11.8. The first-order valence-electron chi connectivity index (χ1n) is 7.80. The lowest BCUT2D eigenvalue weighted by atomic mass is 10.1. The van der Waals surface area contributed by atoms with Gasteiger partial charge in [0.1, 0.15) is 11.1 Å². The number of fused-ring (bicyclic) bond motifs is 1. The summed E-state index contributed by atoms with van der Waals surface area (Å²) < 4.78 is 45.8. The molecule has 2 aromatic heterocycles. The molecule has 0 radical (unpaired) electrons. The summed E-state index contributed by atoms with van der Waals surface area (Å²) in [6.07, 6.45) is -3.78. The van der Waals surface area contributed by atoms with E-state index in [1.54, 1.807) is 25.1 Å². The maximum absolute atomic E-state index is 13.5. The van der Waals surface area contributed by atoms with Gasteiger partial charge in [0.05, 0.1) is 18.5 Å². The minimum absolute atomic E-state index is 0.131. The predicted molar refractivity (Wildman–Crippen MR) is 92.0 cm³/mol. The Bertz CT molecular complexity index is 1100. The third-order valence-corrected chi connectivity index (χ3v) is 4.27. The number of H-pyrrole nitrogens is 1. The van der Waals surface area contributed by atoms with E-state index in [0.717, 1.165) is 10.1 Å². The maximum Gasteiger partial charge on any atom is 0.421 e. The Morgan fingerprint density at radius 2 is 2.07 bits per heavy atom. The Hall–Kier alpha value is -2.81. The van der Waals surface area contributed by atoms with Gasteiger partial charge in [-0.2, -0.15) is 18.3 Å². The highest BCUT2D eigenvalue weighted by molar-refractivity contribution is 6.31. The van der Waals surface area contributed by atoms with Gasteiger partial charge in [0.25, 0.3) is 5.56 Å². The van der Waals surface area contributed by atoms with Gasteiger partial charge in [-0.25, -0.2) is 9.31 Å². The van der Waals surface area contributed by atoms with Crippen LogP contribution in [0.4, 0.5) is 13.2 Å². The van der Waals surface area contributed by atoms with Crippen molar-refractivity contribution >= 4 is 23.1 Å². The molecule has 0 saturated heterocycles. The molecule has 1 aromatic carbocycles. The van der Waals surface area contributed by atoms with Crippen LogP contribution in [-0.4, -0.2) is 27.2 Å². The number of esters is 1. The van der Waals surface area contributed by atoms with Crippen molar-refractivity contribution in [1.29, 1.82) is 0 Å². The number of benzene rings is 1. The number of nitrogens with one attached hydrogen (secondary N) is 1. The van der Waals surface area contributed by atoms with Gasteiger partial charge in [-0.1, -0.05) is 23.7 Å². The maximum atomic E-state index is 13.5. The molecule has 0 fully saturated rings. The molecule has 0 unspecified atom stereocenters. The molecule has 0 atom stereocenters. The smallest absolute Gasteiger partial charge is 0.421 e. The Morgan fingerprint density at radius 3 is 2.67 bits per heavy atom. The van der Waals surface area contributed by atoms with Crippen LogP contribution < -0.4 is 5.56 Å². The van der Waals surface area contributed by atoms with Crippen molar-refractivity contribution in [2.75, 3.05) is 6.61 Å². The van der Waals surface area contributed by atoms with Crippen molar-refractivity contribution in [2.24, 2.45) is 0 Å². The molecule has 0 saturated carbocycles. The lowest BCUT2D eigenvalue weighted by Crippen LogP contribution is -2.18. The molecule has 0 aliphatic carbocycles. The molecule has 3 aromatic rings. The van der Waals surface area contributed by atoms with Gasteiger partial charge in [-0.15, -0.1) is 0 Å². The fourth-order valence-electron chi connectivity index (χ4n) is 2.60. The SMILES string of the molecule is CCOC(=O)c1nn2cc(-c3ccc(C)c(Cl)c3)[nH]c(=O)c2c1C(F)(F)F. The first kappa shape index (κ1) is 19.0. The average Bonchev–Trinajstić information content (AvgIpc) is 2.98. The number of rotatable bonds is 3. The molecule has 1 N–H and O–H groups in total. The molecule has 0 aliphatic heterocycles. The van der Waals surface area contributed by atoms with Crippen LogP contribution in [0.15, 0.2) is 29.2 Å². The van der Waals surface area contributed by atoms with E-state index in [4.69, 9.17) is 11.6 Å². The Kier molecular flexibility index (Phi) is 4.73. The standard InChI is InChI=1S/C17H13ClF3N3O3/c1-3-27-16(26)13-12(17(19,20)21)14-15(25)22-11(7-24(14)23-13)9-5-4-8(2)10(18)6-9/h4-7H,3H2,1-2H3,(H,22,25). The highest BCUT2D eigenvalue weighted by Crippen LogP contribution is 2.35. The number of halogens is 4. The lowest BCUT2D eigenvalue weighted by Gasteiger charge is -2.07. The topological polar surface area (TPSA) is 76.5 Å². The summed E-state index contributed by atoms with van der Waals surface area (Å²) in [5.74, 6) is -1.26. The van der Waals surface area contributed by atoms with Crippen molar-refractivity contribution < 1.29 is 22.7 Å². The first-order chi connectivity index (χ1) is 12.6. The summed E-state index contributed by atoms with van der Waals surface area (Å²) in [4.78, 5) is 26.7. The highest BCUT2D eigenvalue weighted by Gasteiger charge is 2.42. The molecular formula is C17H13ClF3N3O3. The number of nitrogens with zero attached hydrogens (tertiary/aromatic N) is 2. The van der Waals surface area contributed by atoms with Crippen LogP contribution in [0.3, 0.4) is 0 Å². The minimum Gasteiger partial charge on any atom is -0.461 e. The number of aryl methyl sites for hydroxylation is 1. The van der Waals surface area contributed by atoms with E-state index < -0.39 is 34.5 Å². The average molecular weight is 400 g/mol. The largest absolute Gasteiger partial charge is 0.461 e. The number of hydrogen-bond donors (Lipinski definition) is 1. The van der Waals surface area contributed by atoms with Crippen LogP contribution in [-0.2, 0) is 10.9 Å². The minimum atomic E-state index is -4.97. The van der Waals surface area contributed by atoms with E-state index >= 15 is 0 Å². The van der Waals surface area contributed by atoms with Gasteiger partial charge < -0.3 is 9.72 Å². The van der Waals surface area contributed by atoms with Crippen LogP contribution >= 0.6 is 11.6 Å². The van der Waals surface area contributed by atoms with Gasteiger partial charge in [-0.05, 0) is 25.5 Å². The fraction of sp³-hybridized carbons (Fsp3) is 0.235. The van der Waals surface area contributed by atoms with Gasteiger partial charge in [0.15, 0.2) is 5.69 Å². The second kappa shape index (κ2) is 6.73. The van der Waals surface area contributed by atoms with Crippen molar-refractivity contribution in [2.45, 2.75) is 20.0 Å². The molecule has 6 nitrogen and oxygen atoms in total. The van der Waals surface area contributed by atoms with Crippen molar-refractivity contribution in [3.63, 3.8) is 0 Å². The quantitative estimate of drug-likeness (QED) is 0.679. The Labute approximate surface area is 155 Å². The summed E-state index contributed by atoms with van der Waals surface area (Å²) in [5, 5.41) is 4.08. The Balaban J connectivity index is 2.28. The van der Waals surface area contributed by atoms with Gasteiger partial charge in [0, 0.05) is 10.6 Å². The van der Waals surface area contributed by atoms with E-state index in [9.17, 15) is 22.8 Å². The van der Waals surface area contributed by atoms with E-state index in [2.05, 4.69) is 14.8 Å². The lowest BCUT2D eigenvalue weighted by molar-refractivity contribution is -0.136. The molecule has 27 heavy (non-hydrogen) atoms. The fourth-order valence-corrected chi connectivity index (χ4v) is 2.78. The number of aromatic amines is 1. The van der Waals surface area contributed by atoms with E-state index in [1.807, 2.05) is 0 Å². The van der Waals surface area contributed by atoms with Crippen molar-refractivity contribution in [3.8, 4) is 11.3 Å². The number of carbonyl (C=O) groups is 1. The van der Waals surface area contributed by atoms with Gasteiger partial charge >= 0.3 is 12.1 Å². The van der Waals surface area contributed by atoms with Crippen LogP contribution in [0.2, 0.25) is 5.02 Å². The second-order valence-electron chi connectivity index (χ2n) is 5.70. The van der Waals surface area contributed by atoms with Crippen LogP contribution in [0.1, 0.15) is 28.5 Å². The summed E-state index contributed by atoms with van der Waals surface area (Å²) in [6.45, 7) is 3.10. The van der Waals surface area contributed by atoms with E-state index in [-0.39, 0.29) is 12.3 Å².